The van der Waals surface area contributed by atoms with E-state index in [9.17, 15) is 0 Å². The molecule has 38 valence electrons. The fourth-order valence-corrected chi connectivity index (χ4v) is 0. The van der Waals surface area contributed by atoms with Gasteiger partial charge in [-0.05, 0) is 14.1 Å². The van der Waals surface area contributed by atoms with E-state index < -0.39 is 3.95 Å². The van der Waals surface area contributed by atoms with E-state index in [-0.39, 0.29) is 0 Å². The summed E-state index contributed by atoms with van der Waals surface area (Å²) in [6.45, 7) is 0. The van der Waals surface area contributed by atoms with Gasteiger partial charge in [-0.2, -0.15) is 0 Å². The number of hydrogen-bond donors (Lipinski definition) is 0. The van der Waals surface area contributed by atoms with Crippen LogP contribution in [0.2, 0.25) is 0 Å². The van der Waals surface area contributed by atoms with Crippen molar-refractivity contribution in [3.63, 3.8) is 0 Å². The van der Waals surface area contributed by atoms with Crippen LogP contribution in [0.5, 0.6) is 0 Å². The normalized spacial score (nSPS) is 11.0. The number of halogens is 2. The summed E-state index contributed by atoms with van der Waals surface area (Å²) in [4.78, 5) is 0. The average molecular weight is 327 g/mol. The molecule has 0 rings (SSSR count). The molecular weight excluding hydrogens is 320 g/mol. The quantitative estimate of drug-likeness (QED) is 0.397. The predicted octanol–water partition coefficient (Wildman–Crippen LogP) is 1.14. The zero-order valence-corrected chi connectivity index (χ0v) is 9.25. The molecule has 0 spiro atoms. The van der Waals surface area contributed by atoms with Crippen LogP contribution in [0.15, 0.2) is 0 Å². The smallest absolute Gasteiger partial charge is 0.247 e. The second-order valence-electron chi connectivity index (χ2n) is 1.24. The van der Waals surface area contributed by atoms with Gasteiger partial charge in [-0.3, -0.25) is 0 Å². The number of rotatable bonds is 1. The number of nitrogens with zero attached hydrogens (tertiary/aromatic N) is 1. The maximum atomic E-state index is 2.48. The molecule has 0 aromatic rings. The summed E-state index contributed by atoms with van der Waals surface area (Å²) in [7, 11) is 4.24. The minimum Gasteiger partial charge on any atom is -0.316 e. The monoisotopic (exact) mass is 327 g/mol. The second-order valence-corrected chi connectivity index (χ2v) is 17.1. The lowest BCUT2D eigenvalue weighted by Crippen LogP contribution is -2.19. The standard InChI is InChI=1S/C2H7I2NSi/c1-5(2)6(3)4/h6H,1-2H3. The highest BCUT2D eigenvalue weighted by Crippen LogP contribution is 2.04. The molecule has 0 atom stereocenters. The third kappa shape index (κ3) is 3.81. The maximum Gasteiger partial charge on any atom is 0.247 e. The van der Waals surface area contributed by atoms with E-state index in [1.54, 1.807) is 0 Å². The van der Waals surface area contributed by atoms with Crippen LogP contribution in [0.1, 0.15) is 0 Å². The Morgan fingerprint density at radius 1 is 1.33 bits per heavy atom. The van der Waals surface area contributed by atoms with Crippen LogP contribution in [0, 0.1) is 0 Å². The Kier molecular flexibility index (Phi) is 4.60. The van der Waals surface area contributed by atoms with E-state index in [4.69, 9.17) is 0 Å². The van der Waals surface area contributed by atoms with E-state index >= 15 is 0 Å². The Balaban J connectivity index is 2.99. The molecule has 0 amide bonds. The zero-order chi connectivity index (χ0) is 5.15. The molecule has 4 heteroatoms. The van der Waals surface area contributed by atoms with Gasteiger partial charge in [-0.25, -0.2) is 0 Å². The minimum absolute atomic E-state index is 0.470. The van der Waals surface area contributed by atoms with Crippen molar-refractivity contribution in [1.29, 1.82) is 0 Å². The molecule has 0 aliphatic carbocycles. The summed E-state index contributed by atoms with van der Waals surface area (Å²) in [6, 6.07) is 0. The molecular formula is C2H7I2NSi. The van der Waals surface area contributed by atoms with Crippen molar-refractivity contribution in [2.45, 2.75) is 0 Å². The first-order valence-corrected chi connectivity index (χ1v) is 10.5. The third-order valence-electron chi connectivity index (χ3n) is 0.390. The van der Waals surface area contributed by atoms with Gasteiger partial charge in [0.2, 0.25) is 3.95 Å². The predicted molar refractivity (Wildman–Crippen MR) is 48.9 cm³/mol. The van der Waals surface area contributed by atoms with Gasteiger partial charge in [0.15, 0.2) is 0 Å². The minimum atomic E-state index is -0.470. The Hall–Kier alpha value is 1.64. The van der Waals surface area contributed by atoms with E-state index in [1.807, 2.05) is 0 Å². The topological polar surface area (TPSA) is 3.24 Å². The van der Waals surface area contributed by atoms with Crippen molar-refractivity contribution < 1.29 is 0 Å². The molecule has 0 saturated heterocycles. The molecule has 0 heterocycles. The van der Waals surface area contributed by atoms with Crippen molar-refractivity contribution >= 4 is 47.5 Å². The van der Waals surface area contributed by atoms with Crippen molar-refractivity contribution in [1.82, 2.24) is 4.57 Å². The maximum absolute atomic E-state index is 2.48. The SMILES string of the molecule is CN(C)[SiH](I)I. The van der Waals surface area contributed by atoms with Crippen molar-refractivity contribution in [2.75, 3.05) is 14.1 Å². The third-order valence-corrected chi connectivity index (χ3v) is 7.86. The van der Waals surface area contributed by atoms with E-state index in [1.165, 1.54) is 0 Å². The summed E-state index contributed by atoms with van der Waals surface area (Å²) in [5, 5.41) is 0. The molecule has 0 aromatic carbocycles. The molecule has 0 aliphatic heterocycles. The van der Waals surface area contributed by atoms with Gasteiger partial charge in [0.1, 0.15) is 0 Å². The highest BCUT2D eigenvalue weighted by atomic mass is 127. The highest BCUT2D eigenvalue weighted by molar-refractivity contribution is 14.3. The van der Waals surface area contributed by atoms with Crippen molar-refractivity contribution in [2.24, 2.45) is 0 Å². The Labute approximate surface area is 65.6 Å². The first kappa shape index (κ1) is 7.64. The first-order valence-electron chi connectivity index (χ1n) is 1.59. The van der Waals surface area contributed by atoms with Crippen LogP contribution in [-0.4, -0.2) is 22.6 Å². The average Bonchev–Trinajstić information content (AvgIpc) is 1.36. The molecule has 0 saturated carbocycles. The van der Waals surface area contributed by atoms with Crippen LogP contribution in [0.4, 0.5) is 0 Å². The zero-order valence-electron chi connectivity index (χ0n) is 3.78. The molecule has 0 N–H and O–H groups in total. The van der Waals surface area contributed by atoms with E-state index in [0.29, 0.717) is 0 Å². The van der Waals surface area contributed by atoms with Crippen LogP contribution in [0.3, 0.4) is 0 Å². The summed E-state index contributed by atoms with van der Waals surface area (Å²) >= 11 is 4.97. The van der Waals surface area contributed by atoms with Gasteiger partial charge in [-0.15, -0.1) is 0 Å². The fourth-order valence-electron chi connectivity index (χ4n) is 0. The lowest BCUT2D eigenvalue weighted by molar-refractivity contribution is 0.675. The van der Waals surface area contributed by atoms with Gasteiger partial charge >= 0.3 is 0 Å². The lowest BCUT2D eigenvalue weighted by Gasteiger charge is -2.06. The van der Waals surface area contributed by atoms with Gasteiger partial charge in [0, 0.05) is 0 Å². The van der Waals surface area contributed by atoms with Gasteiger partial charge in [-0.1, -0.05) is 43.6 Å². The molecule has 0 aliphatic rings. The Bertz CT molecular complexity index is 32.5. The molecule has 0 fully saturated rings. The molecule has 0 radical (unpaired) electrons. The largest absolute Gasteiger partial charge is 0.316 e. The molecule has 0 aromatic heterocycles. The summed E-state index contributed by atoms with van der Waals surface area (Å²) < 4.78 is 1.81. The van der Waals surface area contributed by atoms with Gasteiger partial charge < -0.3 is 4.57 Å². The van der Waals surface area contributed by atoms with Gasteiger partial charge in [0.05, 0.1) is 0 Å². The van der Waals surface area contributed by atoms with Crippen molar-refractivity contribution in [3.05, 3.63) is 0 Å². The van der Waals surface area contributed by atoms with E-state index in [2.05, 4.69) is 62.3 Å². The Morgan fingerprint density at radius 2 is 1.50 bits per heavy atom. The highest BCUT2D eigenvalue weighted by Gasteiger charge is 1.98. The number of hydrogen-bond acceptors (Lipinski definition) is 1. The first-order chi connectivity index (χ1) is 2.64. The molecule has 0 unspecified atom stereocenters. The lowest BCUT2D eigenvalue weighted by atomic mass is 11.3. The molecule has 0 bridgehead atoms. The summed E-state index contributed by atoms with van der Waals surface area (Å²) in [5.41, 5.74) is 0. The fraction of sp³-hybridized carbons (Fsp3) is 1.00. The van der Waals surface area contributed by atoms with Crippen molar-refractivity contribution in [3.8, 4) is 0 Å². The molecule has 6 heavy (non-hydrogen) atoms. The van der Waals surface area contributed by atoms with Crippen LogP contribution >= 0.6 is 43.6 Å². The van der Waals surface area contributed by atoms with Crippen LogP contribution in [-0.2, 0) is 0 Å². The Morgan fingerprint density at radius 3 is 1.50 bits per heavy atom. The summed E-state index contributed by atoms with van der Waals surface area (Å²) in [6.07, 6.45) is 0. The van der Waals surface area contributed by atoms with Gasteiger partial charge in [0.25, 0.3) is 0 Å². The van der Waals surface area contributed by atoms with Crippen LogP contribution < -0.4 is 0 Å². The van der Waals surface area contributed by atoms with E-state index in [0.717, 1.165) is 0 Å². The second kappa shape index (κ2) is 3.62. The van der Waals surface area contributed by atoms with Crippen LogP contribution in [0.25, 0.3) is 0 Å². The molecule has 1 nitrogen and oxygen atoms in total. The summed E-state index contributed by atoms with van der Waals surface area (Å²) in [5.74, 6) is 0.